The maximum atomic E-state index is 5.19. The molecule has 0 rings (SSSR count). The zero-order valence-electron chi connectivity index (χ0n) is 7.56. The highest BCUT2D eigenvalue weighted by atomic mass is 32.1. The van der Waals surface area contributed by atoms with Crippen LogP contribution in [0.5, 0.6) is 0 Å². The SMILES string of the molecule is CN(C)C(=S)C[Si](C)(C)C. The number of hydrogen-bond acceptors (Lipinski definition) is 1. The number of thiocarbonyl (C=S) groups is 1. The molecule has 0 aromatic heterocycles. The van der Waals surface area contributed by atoms with Gasteiger partial charge in [-0.25, -0.2) is 0 Å². The lowest BCUT2D eigenvalue weighted by molar-refractivity contribution is 0.631. The van der Waals surface area contributed by atoms with Gasteiger partial charge < -0.3 is 4.90 Å². The zero-order valence-corrected chi connectivity index (χ0v) is 9.38. The van der Waals surface area contributed by atoms with Gasteiger partial charge in [0, 0.05) is 14.1 Å². The minimum Gasteiger partial charge on any atom is -0.373 e. The average Bonchev–Trinajstić information content (AvgIpc) is 1.60. The van der Waals surface area contributed by atoms with Gasteiger partial charge in [-0.05, 0) is 6.04 Å². The van der Waals surface area contributed by atoms with Crippen LogP contribution in [0.15, 0.2) is 0 Å². The van der Waals surface area contributed by atoms with Crippen LogP contribution in [0.3, 0.4) is 0 Å². The second kappa shape index (κ2) is 3.48. The van der Waals surface area contributed by atoms with E-state index >= 15 is 0 Å². The van der Waals surface area contributed by atoms with Crippen molar-refractivity contribution in [1.82, 2.24) is 4.90 Å². The summed E-state index contributed by atoms with van der Waals surface area (Å²) in [6.07, 6.45) is 0. The van der Waals surface area contributed by atoms with Crippen LogP contribution in [0.25, 0.3) is 0 Å². The van der Waals surface area contributed by atoms with Gasteiger partial charge in [-0.3, -0.25) is 0 Å². The van der Waals surface area contributed by atoms with Crippen LogP contribution in [0.4, 0.5) is 0 Å². The van der Waals surface area contributed by atoms with Crippen molar-refractivity contribution < 1.29 is 0 Å². The highest BCUT2D eigenvalue weighted by Crippen LogP contribution is 2.10. The van der Waals surface area contributed by atoms with E-state index in [0.29, 0.717) is 0 Å². The summed E-state index contributed by atoms with van der Waals surface area (Å²) in [7, 11) is 3.07. The van der Waals surface area contributed by atoms with Crippen molar-refractivity contribution in [3.05, 3.63) is 0 Å². The van der Waals surface area contributed by atoms with Crippen LogP contribution in [-0.2, 0) is 0 Å². The van der Waals surface area contributed by atoms with Gasteiger partial charge in [0.15, 0.2) is 0 Å². The summed E-state index contributed by atoms with van der Waals surface area (Å²) in [4.78, 5) is 3.13. The second-order valence-electron chi connectivity index (χ2n) is 4.03. The Kier molecular flexibility index (Phi) is 3.52. The molecule has 0 amide bonds. The van der Waals surface area contributed by atoms with Crippen LogP contribution < -0.4 is 0 Å². The van der Waals surface area contributed by atoms with Crippen molar-refractivity contribution in [2.75, 3.05) is 14.1 Å². The predicted octanol–water partition coefficient (Wildman–Crippen LogP) is 2.21. The minimum absolute atomic E-state index is 0.966. The van der Waals surface area contributed by atoms with E-state index in [1.807, 2.05) is 19.0 Å². The first kappa shape index (κ1) is 10.1. The Morgan fingerprint density at radius 2 is 1.70 bits per heavy atom. The molecule has 0 saturated carbocycles. The highest BCUT2D eigenvalue weighted by Gasteiger charge is 2.15. The third-order valence-electron chi connectivity index (χ3n) is 1.18. The molecule has 0 aliphatic rings. The van der Waals surface area contributed by atoms with E-state index in [9.17, 15) is 0 Å². The molecule has 0 fully saturated rings. The first-order valence-electron chi connectivity index (χ1n) is 3.53. The summed E-state index contributed by atoms with van der Waals surface area (Å²) in [5, 5.41) is 0. The molecule has 0 atom stereocenters. The third kappa shape index (κ3) is 4.94. The molecule has 0 bridgehead atoms. The van der Waals surface area contributed by atoms with Gasteiger partial charge in [0.25, 0.3) is 0 Å². The molecule has 0 spiro atoms. The molecule has 0 saturated heterocycles. The van der Waals surface area contributed by atoms with E-state index in [0.717, 1.165) is 11.0 Å². The highest BCUT2D eigenvalue weighted by molar-refractivity contribution is 7.80. The summed E-state index contributed by atoms with van der Waals surface area (Å²) >= 11 is 5.19. The quantitative estimate of drug-likeness (QED) is 0.468. The Morgan fingerprint density at radius 3 is 1.80 bits per heavy atom. The van der Waals surface area contributed by atoms with Crippen LogP contribution in [0.1, 0.15) is 0 Å². The van der Waals surface area contributed by atoms with E-state index in [1.54, 1.807) is 0 Å². The van der Waals surface area contributed by atoms with Crippen LogP contribution in [0.2, 0.25) is 25.7 Å². The van der Waals surface area contributed by atoms with Crippen LogP contribution in [-0.4, -0.2) is 32.1 Å². The number of nitrogens with zero attached hydrogens (tertiary/aromatic N) is 1. The fraction of sp³-hybridized carbons (Fsp3) is 0.857. The second-order valence-corrected chi connectivity index (χ2v) is 9.97. The molecule has 0 heterocycles. The Balaban J connectivity index is 3.81. The van der Waals surface area contributed by atoms with Gasteiger partial charge in [-0.15, -0.1) is 0 Å². The van der Waals surface area contributed by atoms with Gasteiger partial charge in [-0.1, -0.05) is 31.9 Å². The molecular weight excluding hydrogens is 158 g/mol. The smallest absolute Gasteiger partial charge is 0.0747 e. The maximum Gasteiger partial charge on any atom is 0.0747 e. The summed E-state index contributed by atoms with van der Waals surface area (Å²) in [5.41, 5.74) is 0. The van der Waals surface area contributed by atoms with Crippen LogP contribution in [0, 0.1) is 0 Å². The first-order valence-corrected chi connectivity index (χ1v) is 7.64. The van der Waals surface area contributed by atoms with Crippen molar-refractivity contribution >= 4 is 25.3 Å². The Morgan fingerprint density at radius 1 is 1.30 bits per heavy atom. The normalized spacial score (nSPS) is 11.3. The first-order chi connectivity index (χ1) is 4.33. The Bertz CT molecular complexity index is 126. The van der Waals surface area contributed by atoms with Crippen molar-refractivity contribution in [3.8, 4) is 0 Å². The average molecular weight is 175 g/mol. The van der Waals surface area contributed by atoms with E-state index in [-0.39, 0.29) is 0 Å². The van der Waals surface area contributed by atoms with Crippen molar-refractivity contribution in [3.63, 3.8) is 0 Å². The zero-order chi connectivity index (χ0) is 8.36. The molecule has 0 N–H and O–H groups in total. The van der Waals surface area contributed by atoms with E-state index in [2.05, 4.69) is 19.6 Å². The van der Waals surface area contributed by atoms with E-state index < -0.39 is 8.07 Å². The molecule has 0 aliphatic carbocycles. The summed E-state index contributed by atoms with van der Waals surface area (Å²) in [5.74, 6) is 0. The lowest BCUT2D eigenvalue weighted by atomic mass is 10.7. The fourth-order valence-electron chi connectivity index (χ4n) is 0.612. The number of rotatable bonds is 2. The molecule has 10 heavy (non-hydrogen) atoms. The van der Waals surface area contributed by atoms with Gasteiger partial charge in [0.1, 0.15) is 0 Å². The molecule has 0 aliphatic heterocycles. The molecule has 60 valence electrons. The molecular formula is C7H17NSSi. The standard InChI is InChI=1S/C7H17NSSi/c1-8(2)7(9)6-10(3,4)5/h6H2,1-5H3. The van der Waals surface area contributed by atoms with Gasteiger partial charge in [-0.2, -0.15) is 0 Å². The lowest BCUT2D eigenvalue weighted by Crippen LogP contribution is -2.30. The van der Waals surface area contributed by atoms with Crippen LogP contribution >= 0.6 is 12.2 Å². The number of hydrogen-bond donors (Lipinski definition) is 0. The summed E-state index contributed by atoms with van der Waals surface area (Å²) in [6, 6.07) is 1.13. The summed E-state index contributed by atoms with van der Waals surface area (Å²) < 4.78 is 0. The molecule has 0 radical (unpaired) electrons. The Labute approximate surface area is 70.4 Å². The molecule has 0 unspecified atom stereocenters. The van der Waals surface area contributed by atoms with Gasteiger partial charge in [0.05, 0.1) is 13.1 Å². The van der Waals surface area contributed by atoms with Gasteiger partial charge >= 0.3 is 0 Å². The monoisotopic (exact) mass is 175 g/mol. The maximum absolute atomic E-state index is 5.19. The molecule has 3 heteroatoms. The lowest BCUT2D eigenvalue weighted by Gasteiger charge is -2.21. The fourth-order valence-corrected chi connectivity index (χ4v) is 3.13. The topological polar surface area (TPSA) is 3.24 Å². The predicted molar refractivity (Wildman–Crippen MR) is 54.4 cm³/mol. The van der Waals surface area contributed by atoms with Crippen molar-refractivity contribution in [2.45, 2.75) is 25.7 Å². The molecule has 0 aromatic rings. The van der Waals surface area contributed by atoms with Crippen molar-refractivity contribution in [2.24, 2.45) is 0 Å². The summed E-state index contributed by atoms with van der Waals surface area (Å²) in [6.45, 7) is 7.01. The van der Waals surface area contributed by atoms with Crippen molar-refractivity contribution in [1.29, 1.82) is 0 Å². The molecule has 1 nitrogen and oxygen atoms in total. The molecule has 0 aromatic carbocycles. The van der Waals surface area contributed by atoms with E-state index in [1.165, 1.54) is 0 Å². The minimum atomic E-state index is -0.966. The third-order valence-corrected chi connectivity index (χ3v) is 3.34. The Hall–Kier alpha value is 0.107. The largest absolute Gasteiger partial charge is 0.373 e. The van der Waals surface area contributed by atoms with E-state index in [4.69, 9.17) is 12.2 Å². The van der Waals surface area contributed by atoms with Gasteiger partial charge in [0.2, 0.25) is 0 Å².